The van der Waals surface area contributed by atoms with Crippen molar-refractivity contribution in [1.29, 1.82) is 0 Å². The lowest BCUT2D eigenvalue weighted by molar-refractivity contribution is 0.234. The molecule has 0 saturated heterocycles. The number of imidazole rings is 1. The maximum atomic E-state index is 4.83. The van der Waals surface area contributed by atoms with Gasteiger partial charge in [-0.05, 0) is 19.9 Å². The van der Waals surface area contributed by atoms with E-state index in [0.717, 1.165) is 45.1 Å². The maximum absolute atomic E-state index is 4.83. The van der Waals surface area contributed by atoms with Gasteiger partial charge in [0.15, 0.2) is 0 Å². The van der Waals surface area contributed by atoms with Gasteiger partial charge in [-0.1, -0.05) is 19.8 Å². The summed E-state index contributed by atoms with van der Waals surface area (Å²) >= 11 is 0. The Morgan fingerprint density at radius 3 is 2.90 bits per heavy atom. The van der Waals surface area contributed by atoms with Crippen molar-refractivity contribution in [3.05, 3.63) is 17.2 Å². The summed E-state index contributed by atoms with van der Waals surface area (Å²) in [5.41, 5.74) is 2.78. The van der Waals surface area contributed by atoms with E-state index in [2.05, 4.69) is 28.8 Å². The Bertz CT molecular complexity index is 446. The van der Waals surface area contributed by atoms with Crippen molar-refractivity contribution in [2.45, 2.75) is 64.6 Å². The molecular weight excluding hydrogens is 248 g/mol. The molecule has 0 amide bonds. The minimum Gasteiger partial charge on any atom is -0.330 e. The molecule has 0 bridgehead atoms. The van der Waals surface area contributed by atoms with E-state index >= 15 is 0 Å². The topological polar surface area (TPSA) is 33.1 Å². The number of nitrogens with one attached hydrogen (secondary N) is 1. The molecule has 0 unspecified atom stereocenters. The summed E-state index contributed by atoms with van der Waals surface area (Å²) in [5.74, 6) is 1.28. The Morgan fingerprint density at radius 1 is 1.35 bits per heavy atom. The fourth-order valence-corrected chi connectivity index (χ4v) is 3.75. The van der Waals surface area contributed by atoms with E-state index in [9.17, 15) is 0 Å². The van der Waals surface area contributed by atoms with Gasteiger partial charge >= 0.3 is 0 Å². The number of aromatic nitrogens is 2. The predicted octanol–water partition coefficient (Wildman–Crippen LogP) is 1.97. The highest BCUT2D eigenvalue weighted by molar-refractivity contribution is 5.20. The van der Waals surface area contributed by atoms with Gasteiger partial charge in [0.05, 0.1) is 5.69 Å². The van der Waals surface area contributed by atoms with Crippen LogP contribution < -0.4 is 5.32 Å². The molecule has 112 valence electrons. The first kappa shape index (κ1) is 14.1. The van der Waals surface area contributed by atoms with Gasteiger partial charge in [-0.15, -0.1) is 0 Å². The largest absolute Gasteiger partial charge is 0.330 e. The number of hydrogen-bond acceptors (Lipinski definition) is 3. The van der Waals surface area contributed by atoms with Gasteiger partial charge in [-0.3, -0.25) is 0 Å². The van der Waals surface area contributed by atoms with Crippen LogP contribution in [-0.2, 0) is 25.9 Å². The zero-order valence-electron chi connectivity index (χ0n) is 13.0. The summed E-state index contributed by atoms with van der Waals surface area (Å²) in [6.07, 6.45) is 7.80. The Labute approximate surface area is 122 Å². The molecule has 1 N–H and O–H groups in total. The summed E-state index contributed by atoms with van der Waals surface area (Å²) in [5, 5.41) is 3.43. The molecule has 0 spiro atoms. The average molecular weight is 276 g/mol. The number of nitrogens with zero attached hydrogens (tertiary/aromatic N) is 3. The average Bonchev–Trinajstić information content (AvgIpc) is 3.12. The third-order valence-electron chi connectivity index (χ3n) is 5.01. The van der Waals surface area contributed by atoms with Gasteiger partial charge in [0.2, 0.25) is 0 Å². The molecule has 4 nitrogen and oxygen atoms in total. The van der Waals surface area contributed by atoms with Crippen LogP contribution >= 0.6 is 0 Å². The quantitative estimate of drug-likeness (QED) is 0.892. The second-order valence-electron chi connectivity index (χ2n) is 6.27. The maximum Gasteiger partial charge on any atom is 0.109 e. The van der Waals surface area contributed by atoms with Gasteiger partial charge in [-0.25, -0.2) is 4.98 Å². The van der Waals surface area contributed by atoms with Crippen LogP contribution in [0.15, 0.2) is 0 Å². The van der Waals surface area contributed by atoms with Crippen LogP contribution in [0.4, 0.5) is 0 Å². The van der Waals surface area contributed by atoms with E-state index in [1.54, 1.807) is 0 Å². The zero-order chi connectivity index (χ0) is 13.9. The first-order valence-electron chi connectivity index (χ1n) is 8.27. The van der Waals surface area contributed by atoms with Crippen LogP contribution in [0, 0.1) is 0 Å². The van der Waals surface area contributed by atoms with E-state index < -0.39 is 0 Å². The monoisotopic (exact) mass is 276 g/mol. The highest BCUT2D eigenvalue weighted by Gasteiger charge is 2.22. The van der Waals surface area contributed by atoms with Crippen LogP contribution in [0.2, 0.25) is 0 Å². The van der Waals surface area contributed by atoms with Crippen molar-refractivity contribution in [3.63, 3.8) is 0 Å². The van der Waals surface area contributed by atoms with Crippen LogP contribution in [0.5, 0.6) is 0 Å². The van der Waals surface area contributed by atoms with Crippen LogP contribution in [-0.4, -0.2) is 40.6 Å². The van der Waals surface area contributed by atoms with Crippen molar-refractivity contribution in [1.82, 2.24) is 19.8 Å². The molecular formula is C16H28N4. The third kappa shape index (κ3) is 2.77. The Morgan fingerprint density at radius 2 is 2.15 bits per heavy atom. The molecule has 1 aliphatic heterocycles. The summed E-state index contributed by atoms with van der Waals surface area (Å²) < 4.78 is 2.50. The molecule has 0 radical (unpaired) electrons. The molecule has 0 atom stereocenters. The van der Waals surface area contributed by atoms with Gasteiger partial charge in [0, 0.05) is 50.8 Å². The molecule has 2 heterocycles. The van der Waals surface area contributed by atoms with E-state index in [-0.39, 0.29) is 0 Å². The molecule has 1 aromatic heterocycles. The summed E-state index contributed by atoms with van der Waals surface area (Å²) in [6, 6.07) is 0.820. The molecule has 20 heavy (non-hydrogen) atoms. The highest BCUT2D eigenvalue weighted by Crippen LogP contribution is 2.23. The van der Waals surface area contributed by atoms with E-state index in [1.807, 2.05) is 0 Å². The number of aryl methyl sites for hydroxylation is 1. The standard InChI is InChI=1S/C16H28N4/c1-3-16-18-14-12-17-9-8-15(14)20(16)11-10-19(2)13-6-4-5-7-13/h13,17H,3-12H2,1-2H3. The first-order chi connectivity index (χ1) is 9.79. The van der Waals surface area contributed by atoms with Gasteiger partial charge in [-0.2, -0.15) is 0 Å². The lowest BCUT2D eigenvalue weighted by Crippen LogP contribution is -2.33. The fourth-order valence-electron chi connectivity index (χ4n) is 3.75. The van der Waals surface area contributed by atoms with E-state index in [1.165, 1.54) is 42.9 Å². The minimum absolute atomic E-state index is 0.820. The van der Waals surface area contributed by atoms with Crippen molar-refractivity contribution < 1.29 is 0 Å². The molecule has 1 aliphatic carbocycles. The molecule has 4 heteroatoms. The first-order valence-corrected chi connectivity index (χ1v) is 8.27. The summed E-state index contributed by atoms with van der Waals surface area (Å²) in [4.78, 5) is 7.40. The predicted molar refractivity (Wildman–Crippen MR) is 81.9 cm³/mol. The highest BCUT2D eigenvalue weighted by atomic mass is 15.2. The van der Waals surface area contributed by atoms with Crippen molar-refractivity contribution in [2.24, 2.45) is 0 Å². The Balaban J connectivity index is 1.68. The van der Waals surface area contributed by atoms with Crippen molar-refractivity contribution in [3.8, 4) is 0 Å². The molecule has 1 aromatic rings. The van der Waals surface area contributed by atoms with E-state index in [4.69, 9.17) is 4.98 Å². The van der Waals surface area contributed by atoms with Crippen LogP contribution in [0.25, 0.3) is 0 Å². The second kappa shape index (κ2) is 6.27. The number of likely N-dealkylation sites (N-methyl/N-ethyl adjacent to an activating group) is 1. The van der Waals surface area contributed by atoms with Crippen LogP contribution in [0.3, 0.4) is 0 Å². The Kier molecular flexibility index (Phi) is 4.41. The molecule has 3 rings (SSSR count). The Hall–Kier alpha value is -0.870. The number of hydrogen-bond donors (Lipinski definition) is 1. The smallest absolute Gasteiger partial charge is 0.109 e. The molecule has 2 aliphatic rings. The normalized spacial score (nSPS) is 19.8. The minimum atomic E-state index is 0.820. The number of fused-ring (bicyclic) bond motifs is 1. The fraction of sp³-hybridized carbons (Fsp3) is 0.812. The SMILES string of the molecule is CCc1nc2c(n1CCN(C)C1CCCC1)CCNC2. The van der Waals surface area contributed by atoms with Gasteiger partial charge in [0.1, 0.15) is 5.82 Å². The lowest BCUT2D eigenvalue weighted by Gasteiger charge is -2.25. The molecule has 1 saturated carbocycles. The van der Waals surface area contributed by atoms with Crippen LogP contribution in [0.1, 0.15) is 49.8 Å². The molecule has 0 aromatic carbocycles. The zero-order valence-corrected chi connectivity index (χ0v) is 13.0. The number of rotatable bonds is 5. The second-order valence-corrected chi connectivity index (χ2v) is 6.27. The summed E-state index contributed by atoms with van der Waals surface area (Å²) in [6.45, 7) is 6.54. The summed E-state index contributed by atoms with van der Waals surface area (Å²) in [7, 11) is 2.30. The molecule has 1 fully saturated rings. The lowest BCUT2D eigenvalue weighted by atomic mass is 10.2. The van der Waals surface area contributed by atoms with Crippen molar-refractivity contribution in [2.75, 3.05) is 20.1 Å². The van der Waals surface area contributed by atoms with Crippen molar-refractivity contribution >= 4 is 0 Å². The van der Waals surface area contributed by atoms with Gasteiger partial charge < -0.3 is 14.8 Å². The third-order valence-corrected chi connectivity index (χ3v) is 5.01. The van der Waals surface area contributed by atoms with Gasteiger partial charge in [0.25, 0.3) is 0 Å². The van der Waals surface area contributed by atoms with E-state index in [0.29, 0.717) is 0 Å².